The Morgan fingerprint density at radius 2 is 2.25 bits per heavy atom. The van der Waals surface area contributed by atoms with Crippen molar-refractivity contribution in [2.24, 2.45) is 0 Å². The Morgan fingerprint density at radius 3 is 3.12 bits per heavy atom. The molecule has 0 fully saturated rings. The van der Waals surface area contributed by atoms with E-state index in [1.165, 1.54) is 5.56 Å². The zero-order valence-corrected chi connectivity index (χ0v) is 9.17. The van der Waals surface area contributed by atoms with Gasteiger partial charge in [-0.3, -0.25) is 0 Å². The van der Waals surface area contributed by atoms with E-state index in [2.05, 4.69) is 11.4 Å². The van der Waals surface area contributed by atoms with Gasteiger partial charge in [0.05, 0.1) is 0 Å². The van der Waals surface area contributed by atoms with Crippen LogP contribution in [0, 0.1) is 6.92 Å². The molecule has 1 aromatic heterocycles. The summed E-state index contributed by atoms with van der Waals surface area (Å²) >= 11 is 0. The Labute approximate surface area is 93.1 Å². The van der Waals surface area contributed by atoms with Gasteiger partial charge >= 0.3 is 5.63 Å². The third-order valence-electron chi connectivity index (χ3n) is 3.07. The maximum absolute atomic E-state index is 11.7. The highest BCUT2D eigenvalue weighted by Crippen LogP contribution is 2.27. The standard InChI is InChI=1S/C13H13NO2/c1-8-4-5-11-10(7-8)9-3-2-6-14-12(9)13(15)16-11/h4-5,7,14H,2-3,6H2,1H3. The fourth-order valence-corrected chi connectivity index (χ4v) is 2.29. The first kappa shape index (κ1) is 9.46. The summed E-state index contributed by atoms with van der Waals surface area (Å²) in [6, 6.07) is 5.93. The summed E-state index contributed by atoms with van der Waals surface area (Å²) in [5.74, 6) is 0. The Balaban J connectivity index is 2.43. The minimum Gasteiger partial charge on any atom is -0.421 e. The van der Waals surface area contributed by atoms with E-state index < -0.39 is 0 Å². The van der Waals surface area contributed by atoms with E-state index in [0.717, 1.165) is 30.3 Å². The zero-order chi connectivity index (χ0) is 11.1. The summed E-state index contributed by atoms with van der Waals surface area (Å²) in [6.45, 7) is 2.91. The minimum atomic E-state index is -0.244. The van der Waals surface area contributed by atoms with E-state index in [-0.39, 0.29) is 5.63 Å². The van der Waals surface area contributed by atoms with Crippen LogP contribution in [0.25, 0.3) is 11.0 Å². The number of hydrogen-bond acceptors (Lipinski definition) is 3. The van der Waals surface area contributed by atoms with Gasteiger partial charge < -0.3 is 9.73 Å². The number of benzene rings is 1. The molecule has 1 N–H and O–H groups in total. The second kappa shape index (κ2) is 3.37. The number of hydrogen-bond donors (Lipinski definition) is 1. The molecule has 0 spiro atoms. The van der Waals surface area contributed by atoms with Crippen LogP contribution in [0.2, 0.25) is 0 Å². The van der Waals surface area contributed by atoms with Gasteiger partial charge in [0.25, 0.3) is 0 Å². The molecule has 0 amide bonds. The normalized spacial score (nSPS) is 14.6. The number of fused-ring (bicyclic) bond motifs is 3. The van der Waals surface area contributed by atoms with E-state index in [4.69, 9.17) is 4.42 Å². The first-order valence-corrected chi connectivity index (χ1v) is 5.56. The van der Waals surface area contributed by atoms with Gasteiger partial charge in [-0.05, 0) is 37.5 Å². The summed E-state index contributed by atoms with van der Waals surface area (Å²) in [4.78, 5) is 11.7. The Kier molecular flexibility index (Phi) is 1.99. The predicted octanol–water partition coefficient (Wildman–Crippen LogP) is 2.46. The van der Waals surface area contributed by atoms with Crippen molar-refractivity contribution < 1.29 is 4.42 Å². The molecule has 16 heavy (non-hydrogen) atoms. The summed E-state index contributed by atoms with van der Waals surface area (Å²) in [6.07, 6.45) is 2.02. The second-order valence-corrected chi connectivity index (χ2v) is 4.27. The molecule has 3 nitrogen and oxygen atoms in total. The first-order valence-electron chi connectivity index (χ1n) is 5.56. The highest BCUT2D eigenvalue weighted by Gasteiger charge is 2.17. The molecule has 0 saturated carbocycles. The third-order valence-corrected chi connectivity index (χ3v) is 3.07. The molecule has 82 valence electrons. The smallest absolute Gasteiger partial charge is 0.360 e. The van der Waals surface area contributed by atoms with Gasteiger partial charge in [-0.25, -0.2) is 4.79 Å². The first-order chi connectivity index (χ1) is 7.75. The molecule has 0 unspecified atom stereocenters. The van der Waals surface area contributed by atoms with E-state index in [9.17, 15) is 4.79 Å². The third kappa shape index (κ3) is 1.32. The summed E-state index contributed by atoms with van der Waals surface area (Å²) in [7, 11) is 0. The van der Waals surface area contributed by atoms with Crippen molar-refractivity contribution in [1.82, 2.24) is 0 Å². The Morgan fingerprint density at radius 1 is 1.38 bits per heavy atom. The van der Waals surface area contributed by atoms with Gasteiger partial charge in [0.2, 0.25) is 0 Å². The topological polar surface area (TPSA) is 42.2 Å². The lowest BCUT2D eigenvalue weighted by Crippen LogP contribution is -2.19. The highest BCUT2D eigenvalue weighted by atomic mass is 16.4. The molecular weight excluding hydrogens is 202 g/mol. The fourth-order valence-electron chi connectivity index (χ4n) is 2.29. The molecule has 2 aromatic rings. The lowest BCUT2D eigenvalue weighted by molar-refractivity contribution is 0.558. The van der Waals surface area contributed by atoms with Crippen LogP contribution >= 0.6 is 0 Å². The van der Waals surface area contributed by atoms with Crippen LogP contribution < -0.4 is 10.9 Å². The van der Waals surface area contributed by atoms with Gasteiger partial charge in [0.15, 0.2) is 0 Å². The monoisotopic (exact) mass is 215 g/mol. The minimum absolute atomic E-state index is 0.244. The van der Waals surface area contributed by atoms with Crippen LogP contribution in [0.15, 0.2) is 27.4 Å². The quantitative estimate of drug-likeness (QED) is 0.686. The maximum atomic E-state index is 11.7. The van der Waals surface area contributed by atoms with E-state index in [0.29, 0.717) is 11.3 Å². The van der Waals surface area contributed by atoms with Crippen molar-refractivity contribution in [3.8, 4) is 0 Å². The lowest BCUT2D eigenvalue weighted by Gasteiger charge is -2.17. The van der Waals surface area contributed by atoms with E-state index in [1.807, 2.05) is 19.1 Å². The molecular formula is C13H13NO2. The van der Waals surface area contributed by atoms with Crippen molar-refractivity contribution in [2.75, 3.05) is 11.9 Å². The summed E-state index contributed by atoms with van der Waals surface area (Å²) < 4.78 is 5.30. The maximum Gasteiger partial charge on any atom is 0.360 e. The summed E-state index contributed by atoms with van der Waals surface area (Å²) in [5, 5.41) is 4.21. The van der Waals surface area contributed by atoms with Crippen molar-refractivity contribution in [3.05, 3.63) is 39.7 Å². The Hall–Kier alpha value is -1.77. The van der Waals surface area contributed by atoms with Crippen molar-refractivity contribution in [1.29, 1.82) is 0 Å². The fraction of sp³-hybridized carbons (Fsp3) is 0.308. The second-order valence-electron chi connectivity index (χ2n) is 4.27. The van der Waals surface area contributed by atoms with Crippen LogP contribution in [0.3, 0.4) is 0 Å². The largest absolute Gasteiger partial charge is 0.421 e. The Bertz CT molecular complexity index is 613. The van der Waals surface area contributed by atoms with Crippen LogP contribution in [-0.4, -0.2) is 6.54 Å². The van der Waals surface area contributed by atoms with Crippen LogP contribution in [0.4, 0.5) is 5.69 Å². The molecule has 3 heteroatoms. The van der Waals surface area contributed by atoms with E-state index in [1.54, 1.807) is 0 Å². The molecule has 3 rings (SSSR count). The highest BCUT2D eigenvalue weighted by molar-refractivity contribution is 5.85. The molecule has 0 bridgehead atoms. The number of rotatable bonds is 0. The molecule has 1 aliphatic heterocycles. The average molecular weight is 215 g/mol. The van der Waals surface area contributed by atoms with Crippen molar-refractivity contribution in [2.45, 2.75) is 19.8 Å². The van der Waals surface area contributed by atoms with Crippen LogP contribution in [0.5, 0.6) is 0 Å². The van der Waals surface area contributed by atoms with Gasteiger partial charge in [-0.2, -0.15) is 0 Å². The SMILES string of the molecule is Cc1ccc2oc(=O)c3c(c2c1)CCCN3. The van der Waals surface area contributed by atoms with Gasteiger partial charge in [0, 0.05) is 11.9 Å². The number of anilines is 1. The molecule has 0 atom stereocenters. The molecule has 2 heterocycles. The van der Waals surface area contributed by atoms with Gasteiger partial charge in [-0.15, -0.1) is 0 Å². The number of aryl methyl sites for hydroxylation is 2. The van der Waals surface area contributed by atoms with Crippen LogP contribution in [-0.2, 0) is 6.42 Å². The molecule has 0 radical (unpaired) electrons. The predicted molar refractivity (Wildman–Crippen MR) is 64.0 cm³/mol. The van der Waals surface area contributed by atoms with Crippen molar-refractivity contribution in [3.63, 3.8) is 0 Å². The molecule has 1 aliphatic rings. The lowest BCUT2D eigenvalue weighted by atomic mass is 9.99. The molecule has 0 aliphatic carbocycles. The van der Waals surface area contributed by atoms with Crippen molar-refractivity contribution >= 4 is 16.7 Å². The average Bonchev–Trinajstić information content (AvgIpc) is 2.31. The van der Waals surface area contributed by atoms with E-state index >= 15 is 0 Å². The zero-order valence-electron chi connectivity index (χ0n) is 9.17. The van der Waals surface area contributed by atoms with Gasteiger partial charge in [0.1, 0.15) is 11.3 Å². The molecule has 0 saturated heterocycles. The van der Waals surface area contributed by atoms with Gasteiger partial charge in [-0.1, -0.05) is 11.6 Å². The summed E-state index contributed by atoms with van der Waals surface area (Å²) in [5.41, 5.74) is 3.41. The number of nitrogens with one attached hydrogen (secondary N) is 1. The van der Waals surface area contributed by atoms with Crippen LogP contribution in [0.1, 0.15) is 17.5 Å². The molecule has 1 aromatic carbocycles.